The second-order valence-electron chi connectivity index (χ2n) is 5.24. The van der Waals surface area contributed by atoms with Crippen molar-refractivity contribution in [3.63, 3.8) is 0 Å². The molecule has 0 radical (unpaired) electrons. The molecule has 1 fully saturated rings. The van der Waals surface area contributed by atoms with E-state index in [0.717, 1.165) is 9.86 Å². The highest BCUT2D eigenvalue weighted by atomic mass is 79.9. The van der Waals surface area contributed by atoms with Gasteiger partial charge in [0.05, 0.1) is 10.4 Å². The quantitative estimate of drug-likeness (QED) is 0.902. The highest BCUT2D eigenvalue weighted by Crippen LogP contribution is 2.30. The Hall–Kier alpha value is -1.82. The van der Waals surface area contributed by atoms with Crippen LogP contribution in [0.5, 0.6) is 0 Å². The number of carbonyl (C=O) groups is 2. The molecule has 1 aliphatic rings. The normalized spacial score (nSPS) is 21.9. The van der Waals surface area contributed by atoms with Crippen LogP contribution in [0.15, 0.2) is 33.2 Å². The second-order valence-corrected chi connectivity index (χ2v) is 6.10. The number of hydrogen-bond acceptors (Lipinski definition) is 3. The molecule has 21 heavy (non-hydrogen) atoms. The topological polar surface area (TPSA) is 70.8 Å². The molecule has 3 rings (SSSR count). The molecule has 1 aliphatic heterocycles. The minimum atomic E-state index is -0.856. The van der Waals surface area contributed by atoms with Crippen LogP contribution in [0.1, 0.15) is 23.9 Å². The molecule has 2 heterocycles. The largest absolute Gasteiger partial charge is 0.481 e. The highest BCUT2D eigenvalue weighted by molar-refractivity contribution is 9.10. The summed E-state index contributed by atoms with van der Waals surface area (Å²) in [7, 11) is 0. The van der Waals surface area contributed by atoms with Crippen LogP contribution >= 0.6 is 15.9 Å². The van der Waals surface area contributed by atoms with E-state index < -0.39 is 11.9 Å². The summed E-state index contributed by atoms with van der Waals surface area (Å²) in [6.45, 7) is 2.21. The highest BCUT2D eigenvalue weighted by Gasteiger charge is 2.39. The minimum absolute atomic E-state index is 0.245. The molecule has 1 saturated heterocycles. The third-order valence-electron chi connectivity index (χ3n) is 4.04. The van der Waals surface area contributed by atoms with Crippen molar-refractivity contribution < 1.29 is 19.1 Å². The van der Waals surface area contributed by atoms with Crippen molar-refractivity contribution in [1.29, 1.82) is 0 Å². The number of para-hydroxylation sites is 1. The van der Waals surface area contributed by atoms with Crippen molar-refractivity contribution >= 4 is 38.8 Å². The minimum Gasteiger partial charge on any atom is -0.481 e. The van der Waals surface area contributed by atoms with Gasteiger partial charge in [-0.05, 0) is 41.4 Å². The fourth-order valence-corrected chi connectivity index (χ4v) is 3.29. The predicted octanol–water partition coefficient (Wildman–Crippen LogP) is 3.13. The molecule has 1 amide bonds. The van der Waals surface area contributed by atoms with E-state index in [4.69, 9.17) is 9.52 Å². The molecule has 5 nitrogen and oxygen atoms in total. The number of carboxylic acids is 1. The number of fused-ring (bicyclic) bond motifs is 1. The molecule has 110 valence electrons. The van der Waals surface area contributed by atoms with Gasteiger partial charge in [0, 0.05) is 18.0 Å². The summed E-state index contributed by atoms with van der Waals surface area (Å²) in [4.78, 5) is 25.2. The Morgan fingerprint density at radius 3 is 2.81 bits per heavy atom. The van der Waals surface area contributed by atoms with Gasteiger partial charge in [-0.1, -0.05) is 12.1 Å². The Balaban J connectivity index is 1.91. The van der Waals surface area contributed by atoms with Gasteiger partial charge in [-0.3, -0.25) is 9.59 Å². The monoisotopic (exact) mass is 351 g/mol. The van der Waals surface area contributed by atoms with Crippen LogP contribution in [-0.2, 0) is 4.79 Å². The lowest BCUT2D eigenvalue weighted by molar-refractivity contribution is -0.142. The molecule has 1 aromatic heterocycles. The van der Waals surface area contributed by atoms with E-state index in [1.807, 2.05) is 18.2 Å². The summed E-state index contributed by atoms with van der Waals surface area (Å²) >= 11 is 3.39. The van der Waals surface area contributed by atoms with Crippen LogP contribution < -0.4 is 0 Å². The first-order valence-corrected chi connectivity index (χ1v) is 7.50. The summed E-state index contributed by atoms with van der Waals surface area (Å²) in [6, 6.07) is 6.96. The lowest BCUT2D eigenvalue weighted by atomic mass is 10.0. The number of carboxylic acid groups (broad SMARTS) is 1. The molecular weight excluding hydrogens is 338 g/mol. The van der Waals surface area contributed by atoms with Gasteiger partial charge in [0.15, 0.2) is 5.76 Å². The number of likely N-dealkylation sites (tertiary alicyclic amines) is 1. The van der Waals surface area contributed by atoms with Crippen LogP contribution in [0, 0.1) is 5.92 Å². The van der Waals surface area contributed by atoms with E-state index in [0.29, 0.717) is 18.5 Å². The summed E-state index contributed by atoms with van der Waals surface area (Å²) in [6.07, 6.45) is 0.478. The maximum absolute atomic E-state index is 12.5. The van der Waals surface area contributed by atoms with Gasteiger partial charge in [-0.2, -0.15) is 0 Å². The number of halogens is 1. The Bertz CT molecular complexity index is 724. The van der Waals surface area contributed by atoms with E-state index in [1.54, 1.807) is 17.9 Å². The standard InChI is InChI=1S/C15H14BrNO4/c1-8-10(15(19)20)5-6-17(8)14(18)12-7-9-3-2-4-11(16)13(9)21-12/h2-4,7-8,10H,5-6H2,1H3,(H,19,20). The first-order valence-electron chi connectivity index (χ1n) is 6.71. The fraction of sp³-hybridized carbons (Fsp3) is 0.333. The number of aliphatic carboxylic acids is 1. The Morgan fingerprint density at radius 2 is 2.19 bits per heavy atom. The first kappa shape index (κ1) is 14.1. The smallest absolute Gasteiger partial charge is 0.308 e. The molecule has 2 atom stereocenters. The van der Waals surface area contributed by atoms with Crippen molar-refractivity contribution in [3.05, 3.63) is 34.5 Å². The zero-order chi connectivity index (χ0) is 15.1. The zero-order valence-electron chi connectivity index (χ0n) is 11.4. The fourth-order valence-electron chi connectivity index (χ4n) is 2.83. The van der Waals surface area contributed by atoms with Crippen LogP contribution in [0.2, 0.25) is 0 Å². The summed E-state index contributed by atoms with van der Waals surface area (Å²) < 4.78 is 6.42. The number of nitrogens with zero attached hydrogens (tertiary/aromatic N) is 1. The van der Waals surface area contributed by atoms with E-state index in [9.17, 15) is 9.59 Å². The predicted molar refractivity (Wildman–Crippen MR) is 80.2 cm³/mol. The van der Waals surface area contributed by atoms with Crippen molar-refractivity contribution in [2.75, 3.05) is 6.54 Å². The zero-order valence-corrected chi connectivity index (χ0v) is 13.0. The van der Waals surface area contributed by atoms with Gasteiger partial charge in [0.1, 0.15) is 5.58 Å². The van der Waals surface area contributed by atoms with Crippen LogP contribution in [0.3, 0.4) is 0 Å². The number of amides is 1. The molecule has 6 heteroatoms. The molecule has 0 aliphatic carbocycles. The average Bonchev–Trinajstić information content (AvgIpc) is 3.02. The summed E-state index contributed by atoms with van der Waals surface area (Å²) in [5, 5.41) is 9.98. The molecule has 1 N–H and O–H groups in total. The van der Waals surface area contributed by atoms with Crippen molar-refractivity contribution in [1.82, 2.24) is 4.90 Å². The Morgan fingerprint density at radius 1 is 1.43 bits per heavy atom. The van der Waals surface area contributed by atoms with E-state index in [-0.39, 0.29) is 17.7 Å². The SMILES string of the molecule is CC1C(C(=O)O)CCN1C(=O)c1cc2cccc(Br)c2o1. The van der Waals surface area contributed by atoms with Crippen LogP contribution in [0.25, 0.3) is 11.0 Å². The molecule has 1 aromatic carbocycles. The number of furan rings is 1. The van der Waals surface area contributed by atoms with E-state index in [1.165, 1.54) is 0 Å². The van der Waals surface area contributed by atoms with Crippen molar-refractivity contribution in [3.8, 4) is 0 Å². The maximum atomic E-state index is 12.5. The third kappa shape index (κ3) is 2.33. The third-order valence-corrected chi connectivity index (χ3v) is 4.66. The molecule has 0 bridgehead atoms. The van der Waals surface area contributed by atoms with Crippen molar-refractivity contribution in [2.24, 2.45) is 5.92 Å². The van der Waals surface area contributed by atoms with Crippen molar-refractivity contribution in [2.45, 2.75) is 19.4 Å². The molecule has 0 saturated carbocycles. The number of rotatable bonds is 2. The van der Waals surface area contributed by atoms with E-state index >= 15 is 0 Å². The average molecular weight is 352 g/mol. The first-order chi connectivity index (χ1) is 9.99. The van der Waals surface area contributed by atoms with Crippen LogP contribution in [0.4, 0.5) is 0 Å². The van der Waals surface area contributed by atoms with Crippen LogP contribution in [-0.4, -0.2) is 34.5 Å². The van der Waals surface area contributed by atoms with Gasteiger partial charge < -0.3 is 14.4 Å². The lowest BCUT2D eigenvalue weighted by Gasteiger charge is -2.22. The lowest BCUT2D eigenvalue weighted by Crippen LogP contribution is -2.37. The van der Waals surface area contributed by atoms with Gasteiger partial charge in [-0.25, -0.2) is 0 Å². The number of carbonyl (C=O) groups excluding carboxylic acids is 1. The van der Waals surface area contributed by atoms with Gasteiger partial charge in [0.2, 0.25) is 0 Å². The number of hydrogen-bond donors (Lipinski definition) is 1. The molecule has 2 unspecified atom stereocenters. The Kier molecular flexibility index (Phi) is 3.49. The maximum Gasteiger partial charge on any atom is 0.308 e. The second kappa shape index (κ2) is 5.18. The molecule has 2 aromatic rings. The number of benzene rings is 1. The van der Waals surface area contributed by atoms with Gasteiger partial charge >= 0.3 is 5.97 Å². The Labute approximate surface area is 129 Å². The summed E-state index contributed by atoms with van der Waals surface area (Å²) in [5.41, 5.74) is 0.627. The van der Waals surface area contributed by atoms with E-state index in [2.05, 4.69) is 15.9 Å². The van der Waals surface area contributed by atoms with Gasteiger partial charge in [0.25, 0.3) is 5.91 Å². The summed E-state index contributed by atoms with van der Waals surface area (Å²) in [5.74, 6) is -1.38. The molecular formula is C15H14BrNO4. The van der Waals surface area contributed by atoms with Gasteiger partial charge in [-0.15, -0.1) is 0 Å². The molecule has 0 spiro atoms.